The van der Waals surface area contributed by atoms with Crippen LogP contribution < -0.4 is 20.6 Å². The van der Waals surface area contributed by atoms with Crippen molar-refractivity contribution in [3.63, 3.8) is 0 Å². The highest BCUT2D eigenvalue weighted by Crippen LogP contribution is 2.37. The predicted octanol–water partition coefficient (Wildman–Crippen LogP) is 4.58. The number of hydrogen-bond donors (Lipinski definition) is 2. The number of carbonyl (C=O) groups is 1. The van der Waals surface area contributed by atoms with Crippen LogP contribution >= 0.6 is 27.5 Å². The highest BCUT2D eigenvalue weighted by atomic mass is 79.9. The van der Waals surface area contributed by atoms with E-state index in [0.29, 0.717) is 26.6 Å². The Morgan fingerprint density at radius 3 is 2.72 bits per heavy atom. The number of nitrogen functional groups attached to an aromatic ring is 1. The van der Waals surface area contributed by atoms with Crippen LogP contribution in [0.15, 0.2) is 74.9 Å². The van der Waals surface area contributed by atoms with Gasteiger partial charge in [-0.3, -0.25) is 14.9 Å². The molecule has 2 heterocycles. The van der Waals surface area contributed by atoms with Gasteiger partial charge in [-0.05, 0) is 61.6 Å². The van der Waals surface area contributed by atoms with Crippen LogP contribution in [-0.4, -0.2) is 49.5 Å². The molecule has 0 spiro atoms. The van der Waals surface area contributed by atoms with E-state index >= 15 is 0 Å². The summed E-state index contributed by atoms with van der Waals surface area (Å²) in [5.41, 5.74) is 9.51. The van der Waals surface area contributed by atoms with Crippen molar-refractivity contribution in [3.05, 3.63) is 97.1 Å². The maximum atomic E-state index is 13.2. The van der Waals surface area contributed by atoms with Gasteiger partial charge >= 0.3 is 0 Å². The summed E-state index contributed by atoms with van der Waals surface area (Å²) in [6.07, 6.45) is 1.38. The first kappa shape index (κ1) is 29.2. The standard InChI is InChI=1S/C26H19BrClN9O6/c1-41-20-10-15(9-19(27)23(20)42-13-14-5-7-17(28)8-6-14)12-30-32-26(38)21-22(16-3-2-4-18(11-16)37(39)40)36(35-31-21)25-24(29)33-43-34-25/h2-12H,13H2,1H3,(H2,29,33)(H,32,38)/b30-12+. The molecule has 5 aromatic rings. The number of benzene rings is 3. The lowest BCUT2D eigenvalue weighted by Crippen LogP contribution is -2.19. The molecular formula is C26H19BrClN9O6. The second-order valence-electron chi connectivity index (χ2n) is 8.63. The lowest BCUT2D eigenvalue weighted by molar-refractivity contribution is -0.384. The van der Waals surface area contributed by atoms with Crippen molar-refractivity contribution in [2.24, 2.45) is 5.10 Å². The summed E-state index contributed by atoms with van der Waals surface area (Å²) in [7, 11) is 1.50. The number of amides is 1. The molecule has 17 heteroatoms. The maximum Gasteiger partial charge on any atom is 0.294 e. The first-order valence-corrected chi connectivity index (χ1v) is 13.3. The first-order valence-electron chi connectivity index (χ1n) is 12.1. The minimum absolute atomic E-state index is 0.0467. The summed E-state index contributed by atoms with van der Waals surface area (Å²) in [5, 5.41) is 31.1. The zero-order chi connectivity index (χ0) is 30.5. The third kappa shape index (κ3) is 6.44. The fourth-order valence-electron chi connectivity index (χ4n) is 3.86. The van der Waals surface area contributed by atoms with Crippen molar-refractivity contribution < 1.29 is 23.8 Å². The van der Waals surface area contributed by atoms with Gasteiger partial charge < -0.3 is 15.2 Å². The Hall–Kier alpha value is -5.35. The molecule has 2 aromatic heterocycles. The molecule has 3 N–H and O–H groups in total. The summed E-state index contributed by atoms with van der Waals surface area (Å²) in [6.45, 7) is 0.277. The van der Waals surface area contributed by atoms with Crippen LogP contribution in [0.2, 0.25) is 5.02 Å². The second kappa shape index (κ2) is 12.7. The molecule has 0 radical (unpaired) electrons. The number of halogens is 2. The number of non-ortho nitro benzene ring substituents is 1. The molecule has 43 heavy (non-hydrogen) atoms. The largest absolute Gasteiger partial charge is 0.493 e. The number of aromatic nitrogens is 5. The number of ether oxygens (including phenoxy) is 2. The zero-order valence-corrected chi connectivity index (χ0v) is 24.3. The number of methoxy groups -OCH3 is 1. The minimum atomic E-state index is -0.770. The number of nitrogens with zero attached hydrogens (tertiary/aromatic N) is 7. The van der Waals surface area contributed by atoms with Gasteiger partial charge in [0.15, 0.2) is 17.2 Å². The smallest absolute Gasteiger partial charge is 0.294 e. The van der Waals surface area contributed by atoms with Gasteiger partial charge in [-0.15, -0.1) is 5.10 Å². The molecule has 0 atom stereocenters. The van der Waals surface area contributed by atoms with Crippen molar-refractivity contribution in [1.29, 1.82) is 0 Å². The molecule has 218 valence electrons. The van der Waals surface area contributed by atoms with Crippen LogP contribution in [0.3, 0.4) is 0 Å². The summed E-state index contributed by atoms with van der Waals surface area (Å²) in [4.78, 5) is 24.0. The number of rotatable bonds is 10. The number of carbonyl (C=O) groups excluding carboxylic acids is 1. The van der Waals surface area contributed by atoms with E-state index in [1.165, 1.54) is 37.6 Å². The lowest BCUT2D eigenvalue weighted by Gasteiger charge is -2.13. The number of nitrogens with one attached hydrogen (secondary N) is 1. The van der Waals surface area contributed by atoms with Crippen LogP contribution in [0.5, 0.6) is 11.5 Å². The molecule has 0 aliphatic heterocycles. The van der Waals surface area contributed by atoms with E-state index in [1.54, 1.807) is 24.3 Å². The fourth-order valence-corrected chi connectivity index (χ4v) is 4.56. The van der Waals surface area contributed by atoms with E-state index in [2.05, 4.69) is 51.7 Å². The lowest BCUT2D eigenvalue weighted by atomic mass is 10.1. The van der Waals surface area contributed by atoms with Gasteiger partial charge in [0.25, 0.3) is 11.6 Å². The van der Waals surface area contributed by atoms with E-state index in [4.69, 9.17) is 26.8 Å². The molecule has 0 aliphatic rings. The molecule has 0 aliphatic carbocycles. The van der Waals surface area contributed by atoms with Crippen molar-refractivity contribution >= 4 is 51.2 Å². The highest BCUT2D eigenvalue weighted by molar-refractivity contribution is 9.10. The van der Waals surface area contributed by atoms with Gasteiger partial charge in [-0.2, -0.15) is 9.78 Å². The third-order valence-corrected chi connectivity index (χ3v) is 6.68. The van der Waals surface area contributed by atoms with Gasteiger partial charge in [0.2, 0.25) is 11.6 Å². The Bertz CT molecular complexity index is 1840. The molecule has 0 fully saturated rings. The Kier molecular flexibility index (Phi) is 8.59. The van der Waals surface area contributed by atoms with Crippen LogP contribution in [0.25, 0.3) is 17.1 Å². The van der Waals surface area contributed by atoms with Crippen molar-refractivity contribution in [1.82, 2.24) is 30.7 Å². The molecule has 0 bridgehead atoms. The summed E-state index contributed by atoms with van der Waals surface area (Å²) < 4.78 is 17.8. The monoisotopic (exact) mass is 667 g/mol. The molecule has 3 aromatic carbocycles. The Labute approximate surface area is 255 Å². The van der Waals surface area contributed by atoms with Gasteiger partial charge in [0.05, 0.1) is 22.7 Å². The molecule has 0 saturated carbocycles. The van der Waals surface area contributed by atoms with Crippen molar-refractivity contribution in [2.45, 2.75) is 6.61 Å². The molecular weight excluding hydrogens is 650 g/mol. The summed E-state index contributed by atoms with van der Waals surface area (Å²) >= 11 is 9.43. The molecule has 0 unspecified atom stereocenters. The van der Waals surface area contributed by atoms with Crippen LogP contribution in [-0.2, 0) is 6.61 Å². The molecule has 0 saturated heterocycles. The van der Waals surface area contributed by atoms with E-state index in [1.807, 2.05) is 12.1 Å². The summed E-state index contributed by atoms with van der Waals surface area (Å²) in [5.74, 6) is -0.0779. The molecule has 15 nitrogen and oxygen atoms in total. The summed E-state index contributed by atoms with van der Waals surface area (Å²) in [6, 6.07) is 16.2. The van der Waals surface area contributed by atoms with Gasteiger partial charge in [-0.25, -0.2) is 10.1 Å². The molecule has 5 rings (SSSR count). The maximum absolute atomic E-state index is 13.2. The minimum Gasteiger partial charge on any atom is -0.493 e. The Morgan fingerprint density at radius 2 is 2.02 bits per heavy atom. The molecule has 1 amide bonds. The van der Waals surface area contributed by atoms with Gasteiger partial charge in [-0.1, -0.05) is 41.1 Å². The second-order valence-corrected chi connectivity index (χ2v) is 9.92. The number of hydrazone groups is 1. The number of nitrogens with two attached hydrogens (primary N) is 1. The normalized spacial score (nSPS) is 11.0. The Morgan fingerprint density at radius 1 is 1.23 bits per heavy atom. The quantitative estimate of drug-likeness (QED) is 0.120. The first-order chi connectivity index (χ1) is 20.7. The average Bonchev–Trinajstić information content (AvgIpc) is 3.63. The fraction of sp³-hybridized carbons (Fsp3) is 0.0769. The number of hydrogen-bond acceptors (Lipinski definition) is 12. The highest BCUT2D eigenvalue weighted by Gasteiger charge is 2.26. The third-order valence-electron chi connectivity index (χ3n) is 5.84. The van der Waals surface area contributed by atoms with E-state index < -0.39 is 10.8 Å². The predicted molar refractivity (Wildman–Crippen MR) is 157 cm³/mol. The SMILES string of the molecule is COc1cc(/C=N/NC(=O)c2nnn(-c3nonc3N)c2-c2cccc([N+](=O)[O-])c2)cc(Br)c1OCc1ccc(Cl)cc1. The van der Waals surface area contributed by atoms with Gasteiger partial charge in [0, 0.05) is 22.7 Å². The van der Waals surface area contributed by atoms with Crippen LogP contribution in [0.1, 0.15) is 21.6 Å². The number of anilines is 1. The zero-order valence-electron chi connectivity index (χ0n) is 22.0. The topological polar surface area (TPSA) is 199 Å². The number of nitro groups is 1. The average molecular weight is 669 g/mol. The number of nitro benzene ring substituents is 1. The Balaban J connectivity index is 1.38. The van der Waals surface area contributed by atoms with Crippen molar-refractivity contribution in [2.75, 3.05) is 12.8 Å². The van der Waals surface area contributed by atoms with E-state index in [0.717, 1.165) is 10.2 Å². The van der Waals surface area contributed by atoms with E-state index in [-0.39, 0.29) is 40.9 Å². The van der Waals surface area contributed by atoms with Crippen molar-refractivity contribution in [3.8, 4) is 28.6 Å². The van der Waals surface area contributed by atoms with E-state index in [9.17, 15) is 14.9 Å². The van der Waals surface area contributed by atoms with Crippen LogP contribution in [0, 0.1) is 10.1 Å². The van der Waals surface area contributed by atoms with Crippen LogP contribution in [0.4, 0.5) is 11.5 Å². The van der Waals surface area contributed by atoms with Gasteiger partial charge in [0.1, 0.15) is 12.3 Å².